The van der Waals surface area contributed by atoms with Crippen LogP contribution in [0.1, 0.15) is 5.56 Å². The van der Waals surface area contributed by atoms with Crippen LogP contribution in [0.2, 0.25) is 0 Å². The van der Waals surface area contributed by atoms with Crippen molar-refractivity contribution in [2.45, 2.75) is 6.54 Å². The number of benzene rings is 2. The lowest BCUT2D eigenvalue weighted by atomic mass is 10.0. The molecule has 2 aromatic carbocycles. The van der Waals surface area contributed by atoms with Crippen LogP contribution >= 0.6 is 0 Å². The van der Waals surface area contributed by atoms with Gasteiger partial charge < -0.3 is 10.5 Å². The highest BCUT2D eigenvalue weighted by Crippen LogP contribution is 2.27. The Kier molecular flexibility index (Phi) is 3.35. The van der Waals surface area contributed by atoms with Gasteiger partial charge in [0.15, 0.2) is 0 Å². The van der Waals surface area contributed by atoms with Crippen molar-refractivity contribution in [1.29, 1.82) is 0 Å². The number of nitrogens with two attached hydrogens (primary N) is 1. The van der Waals surface area contributed by atoms with Gasteiger partial charge in [-0.2, -0.15) is 0 Å². The summed E-state index contributed by atoms with van der Waals surface area (Å²) in [7, 11) is 1.66. The highest BCUT2D eigenvalue weighted by atomic mass is 16.5. The van der Waals surface area contributed by atoms with Crippen molar-refractivity contribution in [3.05, 3.63) is 60.3 Å². The van der Waals surface area contributed by atoms with E-state index in [1.54, 1.807) is 7.11 Å². The van der Waals surface area contributed by atoms with Crippen LogP contribution in [0.3, 0.4) is 0 Å². The van der Waals surface area contributed by atoms with Crippen molar-refractivity contribution in [1.82, 2.24) is 4.98 Å². The first-order valence-corrected chi connectivity index (χ1v) is 6.54. The van der Waals surface area contributed by atoms with Crippen LogP contribution in [0.25, 0.3) is 22.0 Å². The largest absolute Gasteiger partial charge is 0.496 e. The number of methoxy groups -OCH3 is 1. The van der Waals surface area contributed by atoms with Crippen LogP contribution in [-0.4, -0.2) is 12.1 Å². The van der Waals surface area contributed by atoms with E-state index in [0.29, 0.717) is 6.54 Å². The maximum atomic E-state index is 5.77. The Morgan fingerprint density at radius 2 is 1.90 bits per heavy atom. The molecule has 0 radical (unpaired) electrons. The van der Waals surface area contributed by atoms with Crippen LogP contribution in [0, 0.1) is 0 Å². The Morgan fingerprint density at radius 3 is 2.70 bits per heavy atom. The average molecular weight is 264 g/mol. The van der Waals surface area contributed by atoms with Crippen molar-refractivity contribution < 1.29 is 4.74 Å². The Hall–Kier alpha value is -2.39. The van der Waals surface area contributed by atoms with E-state index in [1.807, 2.05) is 36.5 Å². The predicted octanol–water partition coefficient (Wildman–Crippen LogP) is 3.37. The minimum atomic E-state index is 0.456. The van der Waals surface area contributed by atoms with E-state index in [0.717, 1.165) is 33.3 Å². The summed E-state index contributed by atoms with van der Waals surface area (Å²) in [4.78, 5) is 4.49. The van der Waals surface area contributed by atoms with Gasteiger partial charge >= 0.3 is 0 Å². The number of aromatic nitrogens is 1. The molecule has 0 aliphatic carbocycles. The summed E-state index contributed by atoms with van der Waals surface area (Å²) in [6, 6.07) is 16.3. The van der Waals surface area contributed by atoms with E-state index < -0.39 is 0 Å². The van der Waals surface area contributed by atoms with Crippen molar-refractivity contribution in [3.8, 4) is 16.9 Å². The van der Waals surface area contributed by atoms with E-state index in [1.165, 1.54) is 0 Å². The number of nitrogens with zero attached hydrogens (tertiary/aromatic N) is 1. The molecule has 100 valence electrons. The summed E-state index contributed by atoms with van der Waals surface area (Å²) in [6.45, 7) is 0.456. The maximum Gasteiger partial charge on any atom is 0.123 e. The number of rotatable bonds is 3. The fraction of sp³-hybridized carbons (Fsp3) is 0.118. The summed E-state index contributed by atoms with van der Waals surface area (Å²) >= 11 is 0. The molecule has 0 aliphatic heterocycles. The smallest absolute Gasteiger partial charge is 0.123 e. The number of hydrogen-bond acceptors (Lipinski definition) is 3. The Morgan fingerprint density at radius 1 is 1.05 bits per heavy atom. The topological polar surface area (TPSA) is 48.1 Å². The van der Waals surface area contributed by atoms with Crippen molar-refractivity contribution in [3.63, 3.8) is 0 Å². The van der Waals surface area contributed by atoms with E-state index in [4.69, 9.17) is 10.5 Å². The van der Waals surface area contributed by atoms with Crippen LogP contribution in [0.15, 0.2) is 54.7 Å². The van der Waals surface area contributed by atoms with Crippen molar-refractivity contribution >= 4 is 10.9 Å². The summed E-state index contributed by atoms with van der Waals surface area (Å²) in [5.74, 6) is 0.824. The molecule has 0 aliphatic rings. The molecule has 0 fully saturated rings. The summed E-state index contributed by atoms with van der Waals surface area (Å²) in [6.07, 6.45) is 1.89. The quantitative estimate of drug-likeness (QED) is 0.789. The van der Waals surface area contributed by atoms with Gasteiger partial charge in [-0.3, -0.25) is 4.98 Å². The van der Waals surface area contributed by atoms with Crippen molar-refractivity contribution in [2.24, 2.45) is 5.73 Å². The lowest BCUT2D eigenvalue weighted by molar-refractivity contribution is 0.410. The molecule has 0 saturated heterocycles. The van der Waals surface area contributed by atoms with E-state index in [2.05, 4.69) is 23.2 Å². The maximum absolute atomic E-state index is 5.77. The summed E-state index contributed by atoms with van der Waals surface area (Å²) in [5, 5.41) is 1.13. The van der Waals surface area contributed by atoms with Gasteiger partial charge in [0, 0.05) is 29.3 Å². The van der Waals surface area contributed by atoms with Gasteiger partial charge in [-0.25, -0.2) is 0 Å². The average Bonchev–Trinajstić information content (AvgIpc) is 2.53. The van der Waals surface area contributed by atoms with Gasteiger partial charge in [0.2, 0.25) is 0 Å². The summed E-state index contributed by atoms with van der Waals surface area (Å²) in [5.41, 5.74) is 9.96. The molecule has 3 rings (SSSR count). The highest BCUT2D eigenvalue weighted by molar-refractivity contribution is 5.83. The monoisotopic (exact) mass is 264 g/mol. The molecule has 3 nitrogen and oxygen atoms in total. The molecule has 1 aromatic heterocycles. The van der Waals surface area contributed by atoms with E-state index in [-0.39, 0.29) is 0 Å². The molecular formula is C17H16N2O. The fourth-order valence-electron chi connectivity index (χ4n) is 2.35. The first kappa shape index (κ1) is 12.6. The van der Waals surface area contributed by atoms with Gasteiger partial charge in [0.1, 0.15) is 5.75 Å². The number of pyridine rings is 1. The first-order valence-electron chi connectivity index (χ1n) is 6.54. The van der Waals surface area contributed by atoms with Crippen molar-refractivity contribution in [2.75, 3.05) is 7.11 Å². The zero-order chi connectivity index (χ0) is 13.9. The van der Waals surface area contributed by atoms with E-state index in [9.17, 15) is 0 Å². The Labute approximate surface area is 118 Å². The van der Waals surface area contributed by atoms with Gasteiger partial charge in [0.25, 0.3) is 0 Å². The van der Waals surface area contributed by atoms with Crippen LogP contribution in [0.4, 0.5) is 0 Å². The molecule has 2 N–H and O–H groups in total. The van der Waals surface area contributed by atoms with Gasteiger partial charge in [0.05, 0.1) is 12.6 Å². The van der Waals surface area contributed by atoms with Crippen LogP contribution in [0.5, 0.6) is 5.75 Å². The predicted molar refractivity (Wildman–Crippen MR) is 81.6 cm³/mol. The zero-order valence-corrected chi connectivity index (χ0v) is 11.3. The van der Waals surface area contributed by atoms with Gasteiger partial charge in [-0.05, 0) is 29.8 Å². The van der Waals surface area contributed by atoms with Gasteiger partial charge in [-0.15, -0.1) is 0 Å². The molecule has 0 amide bonds. The second-order valence-corrected chi connectivity index (χ2v) is 4.65. The molecule has 0 spiro atoms. The molecule has 0 bridgehead atoms. The third-order valence-electron chi connectivity index (χ3n) is 3.42. The van der Waals surface area contributed by atoms with Crippen LogP contribution in [-0.2, 0) is 6.54 Å². The summed E-state index contributed by atoms with van der Waals surface area (Å²) < 4.78 is 5.30. The zero-order valence-electron chi connectivity index (χ0n) is 11.3. The lowest BCUT2D eigenvalue weighted by Crippen LogP contribution is -2.00. The number of ether oxygens (including phenoxy) is 1. The second kappa shape index (κ2) is 5.31. The van der Waals surface area contributed by atoms with Gasteiger partial charge in [-0.1, -0.05) is 24.3 Å². The molecule has 0 atom stereocenters. The minimum Gasteiger partial charge on any atom is -0.496 e. The normalized spacial score (nSPS) is 10.7. The number of fused-ring (bicyclic) bond motifs is 1. The third kappa shape index (κ3) is 2.24. The number of para-hydroxylation sites is 1. The number of hydrogen-bond donors (Lipinski definition) is 1. The van der Waals surface area contributed by atoms with E-state index >= 15 is 0 Å². The minimum absolute atomic E-state index is 0.456. The molecule has 0 unspecified atom stereocenters. The first-order chi connectivity index (χ1) is 9.81. The van der Waals surface area contributed by atoms with Crippen LogP contribution < -0.4 is 10.5 Å². The fourth-order valence-corrected chi connectivity index (χ4v) is 2.35. The lowest BCUT2D eigenvalue weighted by Gasteiger charge is -2.09. The third-order valence-corrected chi connectivity index (χ3v) is 3.42. The molecular weight excluding hydrogens is 248 g/mol. The standard InChI is InChI=1S/C17H16N2O/c1-20-17-7-6-12(8-14(17)10-18)15-9-13-4-2-3-5-16(13)19-11-15/h2-9,11H,10,18H2,1H3. The molecule has 0 saturated carbocycles. The SMILES string of the molecule is COc1ccc(-c2cnc3ccccc3c2)cc1CN. The Bertz CT molecular complexity index is 753. The molecule has 3 aromatic rings. The second-order valence-electron chi connectivity index (χ2n) is 4.65. The Balaban J connectivity index is 2.10. The molecule has 3 heteroatoms. The highest BCUT2D eigenvalue weighted by Gasteiger charge is 2.05. The molecule has 20 heavy (non-hydrogen) atoms. The molecule has 1 heterocycles.